The van der Waals surface area contributed by atoms with Crippen molar-refractivity contribution in [2.24, 2.45) is 0 Å². The summed E-state index contributed by atoms with van der Waals surface area (Å²) in [6.07, 6.45) is 0. The molecule has 0 bridgehead atoms. The fourth-order valence-corrected chi connectivity index (χ4v) is 3.45. The molecule has 3 rings (SSSR count). The number of benzene rings is 1. The molecule has 0 aliphatic carbocycles. The Morgan fingerprint density at radius 1 is 1.40 bits per heavy atom. The molecule has 2 heterocycles. The Morgan fingerprint density at radius 3 is 2.85 bits per heavy atom. The lowest BCUT2D eigenvalue weighted by atomic mass is 10.3. The second-order valence-corrected chi connectivity index (χ2v) is 6.64. The van der Waals surface area contributed by atoms with Crippen molar-refractivity contribution < 1.29 is 0 Å². The van der Waals surface area contributed by atoms with E-state index in [0.29, 0.717) is 11.6 Å². The lowest BCUT2D eigenvalue weighted by Crippen LogP contribution is -2.06. The van der Waals surface area contributed by atoms with Crippen LogP contribution in [0, 0.1) is 6.92 Å². The van der Waals surface area contributed by atoms with Crippen LogP contribution >= 0.6 is 34.5 Å². The van der Waals surface area contributed by atoms with E-state index in [1.807, 2.05) is 37.6 Å². The first-order valence-electron chi connectivity index (χ1n) is 6.25. The van der Waals surface area contributed by atoms with E-state index in [4.69, 9.17) is 23.2 Å². The molecule has 0 spiro atoms. The third-order valence-electron chi connectivity index (χ3n) is 3.25. The maximum atomic E-state index is 6.34. The smallest absolute Gasteiger partial charge is 0.128 e. The molecule has 0 N–H and O–H groups in total. The van der Waals surface area contributed by atoms with Crippen LogP contribution in [-0.2, 0) is 6.54 Å². The number of rotatable bonds is 3. The van der Waals surface area contributed by atoms with Crippen LogP contribution in [0.5, 0.6) is 0 Å². The van der Waals surface area contributed by atoms with Gasteiger partial charge in [0.25, 0.3) is 0 Å². The second-order valence-electron chi connectivity index (χ2n) is 4.64. The summed E-state index contributed by atoms with van der Waals surface area (Å²) < 4.78 is 2.09. The van der Waals surface area contributed by atoms with Crippen molar-refractivity contribution in [3.8, 4) is 0 Å². The van der Waals surface area contributed by atoms with Crippen LogP contribution < -0.4 is 0 Å². The molecule has 0 aliphatic heterocycles. The van der Waals surface area contributed by atoms with Crippen molar-refractivity contribution in [1.29, 1.82) is 0 Å². The third kappa shape index (κ3) is 2.32. The molecule has 104 valence electrons. The van der Waals surface area contributed by atoms with E-state index in [9.17, 15) is 0 Å². The van der Waals surface area contributed by atoms with Crippen molar-refractivity contribution in [2.45, 2.75) is 25.8 Å². The topological polar surface area (TPSA) is 30.7 Å². The fourth-order valence-electron chi connectivity index (χ4n) is 2.25. The van der Waals surface area contributed by atoms with Gasteiger partial charge in [0.15, 0.2) is 0 Å². The van der Waals surface area contributed by atoms with Gasteiger partial charge in [-0.05, 0) is 26.0 Å². The van der Waals surface area contributed by atoms with Gasteiger partial charge in [-0.3, -0.25) is 0 Å². The van der Waals surface area contributed by atoms with Crippen LogP contribution in [0.15, 0.2) is 23.7 Å². The minimum Gasteiger partial charge on any atom is -0.320 e. The fraction of sp³-hybridized carbons (Fsp3) is 0.286. The van der Waals surface area contributed by atoms with Gasteiger partial charge in [0.05, 0.1) is 39.2 Å². The highest BCUT2D eigenvalue weighted by Crippen LogP contribution is 2.30. The SMILES string of the molecule is Cc1ncsc1Cn1c(C(C)Cl)nc2cccc(Cl)c21. The number of hydrogen-bond acceptors (Lipinski definition) is 3. The molecule has 0 fully saturated rings. The van der Waals surface area contributed by atoms with Crippen molar-refractivity contribution in [2.75, 3.05) is 0 Å². The van der Waals surface area contributed by atoms with Crippen LogP contribution in [0.25, 0.3) is 11.0 Å². The summed E-state index contributed by atoms with van der Waals surface area (Å²) in [5.74, 6) is 0.836. The van der Waals surface area contributed by atoms with E-state index < -0.39 is 0 Å². The van der Waals surface area contributed by atoms with Crippen molar-refractivity contribution in [1.82, 2.24) is 14.5 Å². The first-order valence-corrected chi connectivity index (χ1v) is 7.95. The molecule has 1 aromatic carbocycles. The van der Waals surface area contributed by atoms with Gasteiger partial charge < -0.3 is 4.57 Å². The first-order chi connectivity index (χ1) is 9.58. The summed E-state index contributed by atoms with van der Waals surface area (Å²) >= 11 is 14.3. The zero-order valence-corrected chi connectivity index (χ0v) is 13.4. The molecule has 0 saturated heterocycles. The molecule has 0 radical (unpaired) electrons. The largest absolute Gasteiger partial charge is 0.320 e. The maximum Gasteiger partial charge on any atom is 0.128 e. The molecular formula is C14H13Cl2N3S. The minimum atomic E-state index is -0.174. The third-order valence-corrected chi connectivity index (χ3v) is 4.67. The normalized spacial score (nSPS) is 13.0. The average Bonchev–Trinajstić information content (AvgIpc) is 2.96. The van der Waals surface area contributed by atoms with Gasteiger partial charge in [-0.25, -0.2) is 9.97 Å². The van der Waals surface area contributed by atoms with Crippen molar-refractivity contribution in [3.63, 3.8) is 0 Å². The van der Waals surface area contributed by atoms with E-state index >= 15 is 0 Å². The Kier molecular flexibility index (Phi) is 3.71. The highest BCUT2D eigenvalue weighted by atomic mass is 35.5. The molecule has 20 heavy (non-hydrogen) atoms. The molecule has 1 unspecified atom stereocenters. The maximum absolute atomic E-state index is 6.34. The van der Waals surface area contributed by atoms with E-state index in [1.165, 1.54) is 4.88 Å². The predicted molar refractivity (Wildman–Crippen MR) is 85.0 cm³/mol. The second kappa shape index (κ2) is 5.35. The van der Waals surface area contributed by atoms with Gasteiger partial charge in [0.2, 0.25) is 0 Å². The predicted octanol–water partition coefficient (Wildman–Crippen LogP) is 4.80. The number of thiazole rings is 1. The molecule has 3 aromatic rings. The molecule has 1 atom stereocenters. The van der Waals surface area contributed by atoms with Crippen LogP contribution in [0.2, 0.25) is 5.02 Å². The molecule has 0 saturated carbocycles. The zero-order valence-electron chi connectivity index (χ0n) is 11.1. The Balaban J connectivity index is 2.21. The van der Waals surface area contributed by atoms with Gasteiger partial charge in [-0.2, -0.15) is 0 Å². The number of alkyl halides is 1. The number of nitrogens with zero attached hydrogens (tertiary/aromatic N) is 3. The number of para-hydroxylation sites is 1. The first kappa shape index (κ1) is 13.9. The molecular weight excluding hydrogens is 313 g/mol. The number of aromatic nitrogens is 3. The summed E-state index contributed by atoms with van der Waals surface area (Å²) in [5, 5.41) is 0.521. The summed E-state index contributed by atoms with van der Waals surface area (Å²) in [4.78, 5) is 10.1. The van der Waals surface area contributed by atoms with Crippen LogP contribution in [0.3, 0.4) is 0 Å². The molecule has 0 aliphatic rings. The zero-order chi connectivity index (χ0) is 14.3. The Morgan fingerprint density at radius 2 is 2.20 bits per heavy atom. The number of imidazole rings is 1. The molecule has 3 nitrogen and oxygen atoms in total. The number of fused-ring (bicyclic) bond motifs is 1. The van der Waals surface area contributed by atoms with E-state index in [1.54, 1.807) is 11.3 Å². The van der Waals surface area contributed by atoms with E-state index in [2.05, 4.69) is 14.5 Å². The minimum absolute atomic E-state index is 0.174. The summed E-state index contributed by atoms with van der Waals surface area (Å²) in [5.41, 5.74) is 4.71. The highest BCUT2D eigenvalue weighted by Gasteiger charge is 2.18. The van der Waals surface area contributed by atoms with Gasteiger partial charge in [-0.1, -0.05) is 17.7 Å². The Labute approximate surface area is 131 Å². The van der Waals surface area contributed by atoms with E-state index in [-0.39, 0.29) is 5.38 Å². The van der Waals surface area contributed by atoms with E-state index in [0.717, 1.165) is 22.6 Å². The molecule has 6 heteroatoms. The lowest BCUT2D eigenvalue weighted by molar-refractivity contribution is 0.746. The summed E-state index contributed by atoms with van der Waals surface area (Å²) in [7, 11) is 0. The van der Waals surface area contributed by atoms with Crippen molar-refractivity contribution >= 4 is 45.6 Å². The lowest BCUT2D eigenvalue weighted by Gasteiger charge is -2.10. The number of halogens is 2. The molecule has 2 aromatic heterocycles. The number of hydrogen-bond donors (Lipinski definition) is 0. The number of aryl methyl sites for hydroxylation is 1. The van der Waals surface area contributed by atoms with Crippen LogP contribution in [0.4, 0.5) is 0 Å². The Hall–Kier alpha value is -1.10. The van der Waals surface area contributed by atoms with Gasteiger partial charge in [-0.15, -0.1) is 22.9 Å². The van der Waals surface area contributed by atoms with Crippen LogP contribution in [-0.4, -0.2) is 14.5 Å². The quantitative estimate of drug-likeness (QED) is 0.647. The van der Waals surface area contributed by atoms with Gasteiger partial charge in [0, 0.05) is 4.88 Å². The summed E-state index contributed by atoms with van der Waals surface area (Å²) in [6.45, 7) is 4.63. The highest BCUT2D eigenvalue weighted by molar-refractivity contribution is 7.09. The van der Waals surface area contributed by atoms with Crippen molar-refractivity contribution in [3.05, 3.63) is 45.1 Å². The standard InChI is InChI=1S/C14H13Cl2N3S/c1-8(15)14-18-11-5-3-4-10(16)13(11)19(14)6-12-9(2)17-7-20-12/h3-5,7-8H,6H2,1-2H3. The average molecular weight is 326 g/mol. The van der Waals surface area contributed by atoms with Gasteiger partial charge >= 0.3 is 0 Å². The molecule has 0 amide bonds. The van der Waals surface area contributed by atoms with Gasteiger partial charge in [0.1, 0.15) is 5.82 Å². The Bertz CT molecular complexity index is 761. The monoisotopic (exact) mass is 325 g/mol. The van der Waals surface area contributed by atoms with Crippen LogP contribution in [0.1, 0.15) is 28.7 Å². The summed E-state index contributed by atoms with van der Waals surface area (Å²) in [6, 6.07) is 5.74.